The lowest BCUT2D eigenvalue weighted by molar-refractivity contribution is -0.137. The Kier molecular flexibility index (Phi) is 4.13. The van der Waals surface area contributed by atoms with Crippen molar-refractivity contribution in [2.75, 3.05) is 11.5 Å². The van der Waals surface area contributed by atoms with Gasteiger partial charge in [0.15, 0.2) is 0 Å². The van der Waals surface area contributed by atoms with Crippen LogP contribution in [0.3, 0.4) is 0 Å². The number of nitrogens with zero attached hydrogens (tertiary/aromatic N) is 1. The van der Waals surface area contributed by atoms with Crippen molar-refractivity contribution in [1.29, 1.82) is 0 Å². The van der Waals surface area contributed by atoms with E-state index in [0.717, 1.165) is 12.1 Å². The molecule has 1 aliphatic rings. The lowest BCUT2D eigenvalue weighted by Crippen LogP contribution is -2.45. The van der Waals surface area contributed by atoms with Gasteiger partial charge in [-0.3, -0.25) is 4.90 Å². The number of rotatable bonds is 1. The average molecular weight is 302 g/mol. The summed E-state index contributed by atoms with van der Waals surface area (Å²) in [7, 11) is 0. The third-order valence-electron chi connectivity index (χ3n) is 3.51. The molecule has 1 amide bonds. The lowest BCUT2D eigenvalue weighted by atomic mass is 9.91. The number of hydrogen-bond donors (Lipinski definition) is 1. The normalized spacial score (nSPS) is 21.9. The van der Waals surface area contributed by atoms with Gasteiger partial charge in [0.2, 0.25) is 0 Å². The molecule has 1 aromatic carbocycles. The summed E-state index contributed by atoms with van der Waals surface area (Å²) in [5.41, 5.74) is 5.87. The quantitative estimate of drug-likeness (QED) is 0.864. The van der Waals surface area contributed by atoms with Crippen molar-refractivity contribution in [3.05, 3.63) is 29.3 Å². The standard InChI is InChI=1S/C14H17F3N2O2/c1-3-21-13(20)19-8(2)6-11(18)10-7-9(14(15,16)17)4-5-12(10)19/h4-5,7-8,11H,3,6,18H2,1-2H3. The smallest absolute Gasteiger partial charge is 0.416 e. The fourth-order valence-corrected chi connectivity index (χ4v) is 2.56. The molecular weight excluding hydrogens is 285 g/mol. The van der Waals surface area contributed by atoms with E-state index in [2.05, 4.69) is 0 Å². The largest absolute Gasteiger partial charge is 0.449 e. The van der Waals surface area contributed by atoms with Crippen LogP contribution in [0.15, 0.2) is 18.2 Å². The van der Waals surface area contributed by atoms with Crippen LogP contribution in [0.5, 0.6) is 0 Å². The van der Waals surface area contributed by atoms with Gasteiger partial charge < -0.3 is 10.5 Å². The molecule has 0 saturated carbocycles. The minimum atomic E-state index is -4.44. The van der Waals surface area contributed by atoms with E-state index in [4.69, 9.17) is 10.5 Å². The van der Waals surface area contributed by atoms with Gasteiger partial charge in [0.25, 0.3) is 0 Å². The van der Waals surface area contributed by atoms with Gasteiger partial charge in [0, 0.05) is 12.1 Å². The number of carbonyl (C=O) groups is 1. The highest BCUT2D eigenvalue weighted by Gasteiger charge is 2.36. The number of fused-ring (bicyclic) bond motifs is 1. The van der Waals surface area contributed by atoms with Crippen LogP contribution in [-0.2, 0) is 10.9 Å². The van der Waals surface area contributed by atoms with Gasteiger partial charge in [-0.2, -0.15) is 13.2 Å². The second-order valence-electron chi connectivity index (χ2n) is 5.03. The highest BCUT2D eigenvalue weighted by molar-refractivity contribution is 5.90. The van der Waals surface area contributed by atoms with E-state index in [-0.39, 0.29) is 12.6 Å². The minimum absolute atomic E-state index is 0.198. The minimum Gasteiger partial charge on any atom is -0.449 e. The first kappa shape index (κ1) is 15.6. The molecule has 0 fully saturated rings. The zero-order chi connectivity index (χ0) is 15.8. The van der Waals surface area contributed by atoms with Crippen LogP contribution in [0, 0.1) is 0 Å². The number of carbonyl (C=O) groups excluding carboxylic acids is 1. The molecule has 2 rings (SSSR count). The molecule has 2 N–H and O–H groups in total. The Labute approximate surface area is 120 Å². The van der Waals surface area contributed by atoms with Crippen molar-refractivity contribution in [3.8, 4) is 0 Å². The molecule has 0 spiro atoms. The summed E-state index contributed by atoms with van der Waals surface area (Å²) < 4.78 is 43.3. The topological polar surface area (TPSA) is 55.6 Å². The first-order chi connectivity index (χ1) is 9.75. The number of amides is 1. The van der Waals surface area contributed by atoms with Gasteiger partial charge in [-0.05, 0) is 44.0 Å². The Balaban J connectivity index is 2.47. The van der Waals surface area contributed by atoms with Crippen LogP contribution < -0.4 is 10.6 Å². The van der Waals surface area contributed by atoms with Gasteiger partial charge in [-0.1, -0.05) is 0 Å². The van der Waals surface area contributed by atoms with Crippen molar-refractivity contribution in [3.63, 3.8) is 0 Å². The number of ether oxygens (including phenoxy) is 1. The van der Waals surface area contributed by atoms with E-state index < -0.39 is 23.9 Å². The Morgan fingerprint density at radius 3 is 2.71 bits per heavy atom. The molecule has 21 heavy (non-hydrogen) atoms. The van der Waals surface area contributed by atoms with E-state index in [1.807, 2.05) is 0 Å². The molecular formula is C14H17F3N2O2. The third-order valence-corrected chi connectivity index (χ3v) is 3.51. The summed E-state index contributed by atoms with van der Waals surface area (Å²) in [5, 5.41) is 0. The molecule has 0 radical (unpaired) electrons. The van der Waals surface area contributed by atoms with Crippen LogP contribution in [0.25, 0.3) is 0 Å². The van der Waals surface area contributed by atoms with Crippen molar-refractivity contribution in [2.45, 2.75) is 38.5 Å². The van der Waals surface area contributed by atoms with Crippen LogP contribution in [0.1, 0.15) is 37.4 Å². The number of alkyl halides is 3. The molecule has 0 aliphatic carbocycles. The summed E-state index contributed by atoms with van der Waals surface area (Å²) in [6.07, 6.45) is -4.63. The van der Waals surface area contributed by atoms with Crippen LogP contribution >= 0.6 is 0 Å². The molecule has 2 atom stereocenters. The summed E-state index contributed by atoms with van der Waals surface area (Å²) in [5.74, 6) is 0. The molecule has 4 nitrogen and oxygen atoms in total. The fourth-order valence-electron chi connectivity index (χ4n) is 2.56. The predicted molar refractivity (Wildman–Crippen MR) is 72.0 cm³/mol. The molecule has 1 heterocycles. The third kappa shape index (κ3) is 2.97. The van der Waals surface area contributed by atoms with Crippen molar-refractivity contribution in [2.24, 2.45) is 5.73 Å². The van der Waals surface area contributed by atoms with Gasteiger partial charge in [0.1, 0.15) is 0 Å². The number of anilines is 1. The monoisotopic (exact) mass is 302 g/mol. The Morgan fingerprint density at radius 2 is 2.14 bits per heavy atom. The molecule has 2 unspecified atom stereocenters. The molecule has 0 aromatic heterocycles. The van der Waals surface area contributed by atoms with E-state index in [1.54, 1.807) is 13.8 Å². The number of hydrogen-bond acceptors (Lipinski definition) is 3. The molecule has 1 aromatic rings. The second-order valence-corrected chi connectivity index (χ2v) is 5.03. The zero-order valence-corrected chi connectivity index (χ0v) is 11.8. The Morgan fingerprint density at radius 1 is 1.48 bits per heavy atom. The molecule has 1 aliphatic heterocycles. The molecule has 0 saturated heterocycles. The van der Waals surface area contributed by atoms with Gasteiger partial charge in [-0.25, -0.2) is 4.79 Å². The lowest BCUT2D eigenvalue weighted by Gasteiger charge is -2.37. The van der Waals surface area contributed by atoms with Gasteiger partial charge in [0.05, 0.1) is 17.9 Å². The molecule has 0 bridgehead atoms. The van der Waals surface area contributed by atoms with Crippen molar-refractivity contribution >= 4 is 11.8 Å². The van der Waals surface area contributed by atoms with Crippen molar-refractivity contribution in [1.82, 2.24) is 0 Å². The van der Waals surface area contributed by atoms with Gasteiger partial charge in [-0.15, -0.1) is 0 Å². The predicted octanol–water partition coefficient (Wildman–Crippen LogP) is 3.46. The first-order valence-electron chi connectivity index (χ1n) is 6.68. The Bertz CT molecular complexity index is 546. The van der Waals surface area contributed by atoms with E-state index in [9.17, 15) is 18.0 Å². The highest BCUT2D eigenvalue weighted by Crippen LogP contribution is 2.40. The summed E-state index contributed by atoms with van der Waals surface area (Å²) >= 11 is 0. The summed E-state index contributed by atoms with van der Waals surface area (Å²) in [6, 6.07) is 2.48. The van der Waals surface area contributed by atoms with E-state index >= 15 is 0 Å². The SMILES string of the molecule is CCOC(=O)N1c2ccc(C(F)(F)F)cc2C(N)CC1C. The maximum absolute atomic E-state index is 12.8. The maximum Gasteiger partial charge on any atom is 0.416 e. The van der Waals surface area contributed by atoms with Crippen molar-refractivity contribution < 1.29 is 22.7 Å². The zero-order valence-electron chi connectivity index (χ0n) is 11.8. The number of benzene rings is 1. The molecule has 116 valence electrons. The second kappa shape index (κ2) is 5.55. The van der Waals surface area contributed by atoms with E-state index in [1.165, 1.54) is 11.0 Å². The summed E-state index contributed by atoms with van der Waals surface area (Å²) in [4.78, 5) is 13.4. The highest BCUT2D eigenvalue weighted by atomic mass is 19.4. The van der Waals surface area contributed by atoms with Crippen LogP contribution in [0.4, 0.5) is 23.7 Å². The fraction of sp³-hybridized carbons (Fsp3) is 0.500. The molecule has 7 heteroatoms. The summed E-state index contributed by atoms with van der Waals surface area (Å²) in [6.45, 7) is 3.66. The average Bonchev–Trinajstić information content (AvgIpc) is 2.37. The number of nitrogens with two attached hydrogens (primary N) is 1. The first-order valence-corrected chi connectivity index (χ1v) is 6.68. The maximum atomic E-state index is 12.8. The van der Waals surface area contributed by atoms with Crippen LogP contribution in [-0.4, -0.2) is 18.7 Å². The Hall–Kier alpha value is -1.76. The van der Waals surface area contributed by atoms with Crippen LogP contribution in [0.2, 0.25) is 0 Å². The van der Waals surface area contributed by atoms with Gasteiger partial charge >= 0.3 is 12.3 Å². The van der Waals surface area contributed by atoms with E-state index in [0.29, 0.717) is 17.7 Å². The number of halogens is 3.